The second-order valence-electron chi connectivity index (χ2n) is 7.41. The van der Waals surface area contributed by atoms with Crippen molar-refractivity contribution in [1.82, 2.24) is 9.55 Å². The number of rotatable bonds is 7. The quantitative estimate of drug-likeness (QED) is 0.503. The van der Waals surface area contributed by atoms with Gasteiger partial charge in [-0.3, -0.25) is 5.32 Å². The highest BCUT2D eigenvalue weighted by Crippen LogP contribution is 2.41. The number of carbonyl (C=O) groups excluding carboxylic acids is 1. The molecule has 168 valence electrons. The average Bonchev–Trinajstić information content (AvgIpc) is 3.40. The van der Waals surface area contributed by atoms with Crippen LogP contribution in [0.3, 0.4) is 0 Å². The Bertz CT molecular complexity index is 1060. The molecule has 9 heteroatoms. The average molecular weight is 476 g/mol. The Balaban J connectivity index is 1.49. The van der Waals surface area contributed by atoms with Gasteiger partial charge in [-0.1, -0.05) is 41.4 Å². The largest absolute Gasteiger partial charge is 0.450 e. The summed E-state index contributed by atoms with van der Waals surface area (Å²) in [5.74, 6) is -1.06. The van der Waals surface area contributed by atoms with Crippen LogP contribution >= 0.6 is 23.2 Å². The highest BCUT2D eigenvalue weighted by molar-refractivity contribution is 6.35. The van der Waals surface area contributed by atoms with E-state index in [2.05, 4.69) is 10.3 Å². The van der Waals surface area contributed by atoms with Crippen molar-refractivity contribution in [3.63, 3.8) is 0 Å². The molecule has 0 unspecified atom stereocenters. The molecule has 3 aromatic rings. The zero-order chi connectivity index (χ0) is 22.6. The van der Waals surface area contributed by atoms with Crippen LogP contribution in [0.15, 0.2) is 61.2 Å². The van der Waals surface area contributed by atoms with Gasteiger partial charge < -0.3 is 18.8 Å². The van der Waals surface area contributed by atoms with Crippen molar-refractivity contribution < 1.29 is 19.0 Å². The van der Waals surface area contributed by atoms with E-state index < -0.39 is 11.9 Å². The molecule has 0 aliphatic carbocycles. The molecule has 2 aromatic carbocycles. The molecule has 0 saturated carbocycles. The van der Waals surface area contributed by atoms with Gasteiger partial charge in [0.15, 0.2) is 0 Å². The summed E-state index contributed by atoms with van der Waals surface area (Å²) in [5, 5.41) is 3.71. The highest BCUT2D eigenvalue weighted by atomic mass is 35.5. The van der Waals surface area contributed by atoms with E-state index in [1.165, 1.54) is 0 Å². The van der Waals surface area contributed by atoms with Crippen molar-refractivity contribution in [1.29, 1.82) is 0 Å². The minimum Gasteiger partial charge on any atom is -0.450 e. The van der Waals surface area contributed by atoms with Crippen molar-refractivity contribution in [3.05, 3.63) is 82.4 Å². The number of nitrogens with zero attached hydrogens (tertiary/aromatic N) is 2. The van der Waals surface area contributed by atoms with Crippen molar-refractivity contribution in [3.8, 4) is 0 Å². The summed E-state index contributed by atoms with van der Waals surface area (Å²) in [6.07, 6.45) is 5.24. The van der Waals surface area contributed by atoms with Gasteiger partial charge in [0, 0.05) is 35.1 Å². The molecule has 0 spiro atoms. The van der Waals surface area contributed by atoms with E-state index in [9.17, 15) is 4.79 Å². The minimum atomic E-state index is -1.06. The summed E-state index contributed by atoms with van der Waals surface area (Å²) in [7, 11) is 0. The number of ether oxygens (including phenoxy) is 3. The first kappa shape index (κ1) is 22.6. The van der Waals surface area contributed by atoms with Crippen molar-refractivity contribution in [2.45, 2.75) is 31.8 Å². The molecule has 1 aromatic heterocycles. The van der Waals surface area contributed by atoms with Gasteiger partial charge in [0.1, 0.15) is 0 Å². The van der Waals surface area contributed by atoms with Crippen LogP contribution in [0.4, 0.5) is 10.5 Å². The van der Waals surface area contributed by atoms with Crippen LogP contribution in [0.5, 0.6) is 0 Å². The summed E-state index contributed by atoms with van der Waals surface area (Å²) in [4.78, 5) is 15.7. The Morgan fingerprint density at radius 1 is 1.28 bits per heavy atom. The van der Waals surface area contributed by atoms with Gasteiger partial charge in [0.2, 0.25) is 5.79 Å². The van der Waals surface area contributed by atoms with E-state index in [0.29, 0.717) is 47.5 Å². The molecule has 1 N–H and O–H groups in total. The van der Waals surface area contributed by atoms with Gasteiger partial charge in [-0.25, -0.2) is 9.78 Å². The number of hydrogen-bond acceptors (Lipinski definition) is 5. The molecule has 0 bridgehead atoms. The van der Waals surface area contributed by atoms with Crippen LogP contribution in [-0.2, 0) is 33.0 Å². The molecule has 4 rings (SSSR count). The number of imidazole rings is 1. The molecule has 1 fully saturated rings. The van der Waals surface area contributed by atoms with Crippen LogP contribution in [0.1, 0.15) is 18.1 Å². The third kappa shape index (κ3) is 5.24. The van der Waals surface area contributed by atoms with Crippen LogP contribution in [0.2, 0.25) is 10.0 Å². The monoisotopic (exact) mass is 475 g/mol. The lowest BCUT2D eigenvalue weighted by atomic mass is 10.0. The van der Waals surface area contributed by atoms with E-state index in [1.54, 1.807) is 31.6 Å². The molecular formula is C23H23Cl2N3O4. The van der Waals surface area contributed by atoms with Crippen molar-refractivity contribution >= 4 is 35.0 Å². The highest BCUT2D eigenvalue weighted by Gasteiger charge is 2.45. The lowest BCUT2D eigenvalue weighted by Gasteiger charge is -2.30. The topological polar surface area (TPSA) is 74.6 Å². The molecule has 2 heterocycles. The number of amides is 1. The van der Waals surface area contributed by atoms with Crippen LogP contribution in [0, 0.1) is 0 Å². The maximum absolute atomic E-state index is 11.6. The second-order valence-corrected chi connectivity index (χ2v) is 8.25. The third-order valence-electron chi connectivity index (χ3n) is 5.09. The zero-order valence-electron chi connectivity index (χ0n) is 17.5. The predicted molar refractivity (Wildman–Crippen MR) is 122 cm³/mol. The molecule has 32 heavy (non-hydrogen) atoms. The molecule has 0 radical (unpaired) electrons. The number of hydrogen-bond donors (Lipinski definition) is 1. The first-order chi connectivity index (χ1) is 15.5. The normalized spacial score (nSPS) is 20.3. The van der Waals surface area contributed by atoms with Gasteiger partial charge in [-0.2, -0.15) is 0 Å². The fourth-order valence-corrected chi connectivity index (χ4v) is 4.22. The number of benzene rings is 2. The first-order valence-corrected chi connectivity index (χ1v) is 11.0. The van der Waals surface area contributed by atoms with Gasteiger partial charge in [-0.15, -0.1) is 0 Å². The summed E-state index contributed by atoms with van der Waals surface area (Å²) in [6.45, 7) is 2.88. The predicted octanol–water partition coefficient (Wildman–Crippen LogP) is 5.27. The van der Waals surface area contributed by atoms with Crippen LogP contribution in [-0.4, -0.2) is 35.0 Å². The Morgan fingerprint density at radius 3 is 2.78 bits per heavy atom. The standard InChI is InChI=1S/C23H23Cl2N3O4/c1-2-30-22(29)27-18-6-3-16(4-7-18)11-19-13-31-23(32-19,14-28-10-9-26-15-28)20-8-5-17(24)12-21(20)25/h3-10,12,15,19H,2,11,13-14H2,1H3,(H,27,29)/t19-,23-/m1/s1. The van der Waals surface area contributed by atoms with E-state index in [-0.39, 0.29) is 6.10 Å². The molecular weight excluding hydrogens is 453 g/mol. The lowest BCUT2D eigenvalue weighted by Crippen LogP contribution is -2.34. The molecule has 1 aliphatic heterocycles. The number of aromatic nitrogens is 2. The Morgan fingerprint density at radius 2 is 2.09 bits per heavy atom. The summed E-state index contributed by atoms with van der Waals surface area (Å²) < 4.78 is 19.5. The molecule has 7 nitrogen and oxygen atoms in total. The van der Waals surface area contributed by atoms with E-state index in [4.69, 9.17) is 37.4 Å². The fraction of sp³-hybridized carbons (Fsp3) is 0.304. The maximum Gasteiger partial charge on any atom is 0.411 e. The molecule has 2 atom stereocenters. The number of anilines is 1. The first-order valence-electron chi connectivity index (χ1n) is 10.2. The summed E-state index contributed by atoms with van der Waals surface area (Å²) >= 11 is 12.6. The van der Waals surface area contributed by atoms with Crippen LogP contribution in [0.25, 0.3) is 0 Å². The smallest absolute Gasteiger partial charge is 0.411 e. The van der Waals surface area contributed by atoms with E-state index in [0.717, 1.165) is 5.56 Å². The zero-order valence-corrected chi connectivity index (χ0v) is 19.0. The van der Waals surface area contributed by atoms with Gasteiger partial charge in [0.05, 0.1) is 37.2 Å². The van der Waals surface area contributed by atoms with Gasteiger partial charge in [-0.05, 0) is 36.8 Å². The lowest BCUT2D eigenvalue weighted by molar-refractivity contribution is -0.186. The maximum atomic E-state index is 11.6. The van der Waals surface area contributed by atoms with E-state index >= 15 is 0 Å². The Labute approximate surface area is 196 Å². The third-order valence-corrected chi connectivity index (χ3v) is 5.64. The Hall–Kier alpha value is -2.58. The van der Waals surface area contributed by atoms with Gasteiger partial charge in [0.25, 0.3) is 0 Å². The van der Waals surface area contributed by atoms with E-state index in [1.807, 2.05) is 41.1 Å². The molecule has 1 aliphatic rings. The summed E-state index contributed by atoms with van der Waals surface area (Å²) in [6, 6.07) is 12.8. The Kier molecular flexibility index (Phi) is 7.01. The van der Waals surface area contributed by atoms with Crippen molar-refractivity contribution in [2.24, 2.45) is 0 Å². The minimum absolute atomic E-state index is 0.186. The number of carbonyl (C=O) groups is 1. The SMILES string of the molecule is CCOC(=O)Nc1ccc(C[C@@H]2CO[C@@](Cn3ccnc3)(c3ccc(Cl)cc3Cl)O2)cc1. The number of halogens is 2. The summed E-state index contributed by atoms with van der Waals surface area (Å²) in [5.41, 5.74) is 2.43. The van der Waals surface area contributed by atoms with Gasteiger partial charge >= 0.3 is 6.09 Å². The van der Waals surface area contributed by atoms with Crippen molar-refractivity contribution in [2.75, 3.05) is 18.5 Å². The van der Waals surface area contributed by atoms with Crippen LogP contribution < -0.4 is 5.32 Å². The number of nitrogens with one attached hydrogen (secondary N) is 1. The molecule has 1 saturated heterocycles. The fourth-order valence-electron chi connectivity index (χ4n) is 3.67. The molecule has 1 amide bonds. The second kappa shape index (κ2) is 9.92.